The maximum absolute atomic E-state index is 5.60. The van der Waals surface area contributed by atoms with Crippen LogP contribution >= 0.6 is 0 Å². The van der Waals surface area contributed by atoms with Crippen molar-refractivity contribution in [1.82, 2.24) is 0 Å². The van der Waals surface area contributed by atoms with E-state index in [0.29, 0.717) is 18.1 Å². The summed E-state index contributed by atoms with van der Waals surface area (Å²) in [6, 6.07) is 0.414. The van der Waals surface area contributed by atoms with Gasteiger partial charge in [-0.3, -0.25) is 0 Å². The number of rotatable bonds is 3. The summed E-state index contributed by atoms with van der Waals surface area (Å²) in [7, 11) is 0. The van der Waals surface area contributed by atoms with Gasteiger partial charge in [0.15, 0.2) is 0 Å². The normalized spacial score (nSPS) is 32.4. The average Bonchev–Trinajstić information content (AvgIpc) is 1.77. The molecule has 0 saturated heterocycles. The Balaban J connectivity index is 1.95. The van der Waals surface area contributed by atoms with Crippen molar-refractivity contribution in [3.63, 3.8) is 0 Å². The summed E-state index contributed by atoms with van der Waals surface area (Å²) in [6.07, 6.45) is 2.59. The van der Waals surface area contributed by atoms with E-state index in [1.165, 1.54) is 0 Å². The first-order valence-corrected chi connectivity index (χ1v) is 4.05. The molecule has 2 heteroatoms. The quantitative estimate of drug-likeness (QED) is 0.643. The minimum Gasteiger partial charge on any atom is -0.378 e. The van der Waals surface area contributed by atoms with Crippen LogP contribution < -0.4 is 5.73 Å². The summed E-state index contributed by atoms with van der Waals surface area (Å²) in [4.78, 5) is 0. The van der Waals surface area contributed by atoms with Gasteiger partial charge in [-0.2, -0.15) is 0 Å². The van der Waals surface area contributed by atoms with Crippen LogP contribution in [0.2, 0.25) is 0 Å². The van der Waals surface area contributed by atoms with Gasteiger partial charge in [-0.25, -0.2) is 0 Å². The van der Waals surface area contributed by atoms with Gasteiger partial charge in [0.05, 0.1) is 6.10 Å². The molecule has 0 bridgehead atoms. The Morgan fingerprint density at radius 1 is 1.50 bits per heavy atom. The first-order chi connectivity index (χ1) is 4.68. The van der Waals surface area contributed by atoms with Gasteiger partial charge in [0, 0.05) is 12.6 Å². The zero-order valence-electron chi connectivity index (χ0n) is 6.84. The minimum atomic E-state index is 0.414. The van der Waals surface area contributed by atoms with E-state index >= 15 is 0 Å². The summed E-state index contributed by atoms with van der Waals surface area (Å²) in [5.41, 5.74) is 5.60. The molecule has 1 aliphatic carbocycles. The van der Waals surface area contributed by atoms with E-state index in [4.69, 9.17) is 10.5 Å². The van der Waals surface area contributed by atoms with Crippen LogP contribution in [0.4, 0.5) is 0 Å². The maximum Gasteiger partial charge on any atom is 0.0604 e. The fourth-order valence-corrected chi connectivity index (χ4v) is 1.07. The summed E-state index contributed by atoms with van der Waals surface area (Å²) < 4.78 is 5.53. The third-order valence-corrected chi connectivity index (χ3v) is 1.80. The minimum absolute atomic E-state index is 0.414. The lowest BCUT2D eigenvalue weighted by molar-refractivity contribution is -0.0203. The van der Waals surface area contributed by atoms with Gasteiger partial charge in [0.2, 0.25) is 0 Å². The first-order valence-electron chi connectivity index (χ1n) is 4.05. The summed E-state index contributed by atoms with van der Waals surface area (Å²) in [6.45, 7) is 5.22. The molecular formula is C8H17NO. The average molecular weight is 143 g/mol. The van der Waals surface area contributed by atoms with Gasteiger partial charge >= 0.3 is 0 Å². The van der Waals surface area contributed by atoms with Crippen molar-refractivity contribution in [2.75, 3.05) is 6.61 Å². The number of ether oxygens (including phenoxy) is 1. The molecule has 1 saturated carbocycles. The highest BCUT2D eigenvalue weighted by Crippen LogP contribution is 2.21. The van der Waals surface area contributed by atoms with Crippen LogP contribution in [0, 0.1) is 5.92 Å². The van der Waals surface area contributed by atoms with E-state index < -0.39 is 0 Å². The fraction of sp³-hybridized carbons (Fsp3) is 1.00. The molecule has 2 nitrogen and oxygen atoms in total. The molecule has 0 aromatic carbocycles. The van der Waals surface area contributed by atoms with Crippen LogP contribution in [0.3, 0.4) is 0 Å². The Hall–Kier alpha value is -0.0800. The monoisotopic (exact) mass is 143 g/mol. The third-order valence-electron chi connectivity index (χ3n) is 1.80. The van der Waals surface area contributed by atoms with Crippen molar-refractivity contribution in [2.45, 2.75) is 38.8 Å². The van der Waals surface area contributed by atoms with E-state index in [0.717, 1.165) is 19.4 Å². The van der Waals surface area contributed by atoms with E-state index in [9.17, 15) is 0 Å². The second-order valence-corrected chi connectivity index (χ2v) is 3.58. The largest absolute Gasteiger partial charge is 0.378 e. The van der Waals surface area contributed by atoms with Crippen LogP contribution in [-0.4, -0.2) is 18.8 Å². The van der Waals surface area contributed by atoms with E-state index in [1.54, 1.807) is 0 Å². The second kappa shape index (κ2) is 3.35. The summed E-state index contributed by atoms with van der Waals surface area (Å²) >= 11 is 0. The number of hydrogen-bond donors (Lipinski definition) is 1. The van der Waals surface area contributed by atoms with E-state index in [2.05, 4.69) is 13.8 Å². The van der Waals surface area contributed by atoms with Crippen LogP contribution in [0.1, 0.15) is 26.7 Å². The number of hydrogen-bond acceptors (Lipinski definition) is 2. The van der Waals surface area contributed by atoms with Crippen LogP contribution in [-0.2, 0) is 4.74 Å². The van der Waals surface area contributed by atoms with E-state index in [1.807, 2.05) is 0 Å². The van der Waals surface area contributed by atoms with Crippen molar-refractivity contribution in [3.8, 4) is 0 Å². The number of nitrogens with two attached hydrogens (primary N) is 1. The lowest BCUT2D eigenvalue weighted by Crippen LogP contribution is -2.42. The second-order valence-electron chi connectivity index (χ2n) is 3.58. The molecule has 0 aromatic rings. The Labute approximate surface area is 62.7 Å². The van der Waals surface area contributed by atoms with Crippen molar-refractivity contribution in [2.24, 2.45) is 11.7 Å². The van der Waals surface area contributed by atoms with Crippen molar-refractivity contribution >= 4 is 0 Å². The molecule has 0 spiro atoms. The zero-order valence-corrected chi connectivity index (χ0v) is 6.84. The smallest absolute Gasteiger partial charge is 0.0604 e. The van der Waals surface area contributed by atoms with E-state index in [-0.39, 0.29) is 0 Å². The highest BCUT2D eigenvalue weighted by atomic mass is 16.5. The Morgan fingerprint density at radius 2 is 2.10 bits per heavy atom. The first kappa shape index (κ1) is 8.02. The van der Waals surface area contributed by atoms with Gasteiger partial charge in [-0.15, -0.1) is 0 Å². The van der Waals surface area contributed by atoms with Gasteiger partial charge in [0.25, 0.3) is 0 Å². The Bertz CT molecular complexity index is 97.4. The van der Waals surface area contributed by atoms with Gasteiger partial charge in [0.1, 0.15) is 0 Å². The molecule has 0 aliphatic heterocycles. The highest BCUT2D eigenvalue weighted by molar-refractivity contribution is 4.82. The summed E-state index contributed by atoms with van der Waals surface area (Å²) in [5.74, 6) is 0.650. The lowest BCUT2D eigenvalue weighted by Gasteiger charge is -2.32. The molecule has 1 aliphatic rings. The van der Waals surface area contributed by atoms with Crippen LogP contribution in [0.15, 0.2) is 0 Å². The van der Waals surface area contributed by atoms with Gasteiger partial charge < -0.3 is 10.5 Å². The molecule has 0 heterocycles. The van der Waals surface area contributed by atoms with Crippen molar-refractivity contribution in [1.29, 1.82) is 0 Å². The molecule has 60 valence electrons. The third kappa shape index (κ3) is 2.27. The molecule has 0 atom stereocenters. The molecule has 1 rings (SSSR count). The van der Waals surface area contributed by atoms with Gasteiger partial charge in [-0.05, 0) is 18.8 Å². The topological polar surface area (TPSA) is 35.2 Å². The molecule has 1 fully saturated rings. The van der Waals surface area contributed by atoms with Crippen molar-refractivity contribution < 1.29 is 4.74 Å². The Kier molecular flexibility index (Phi) is 2.69. The molecule has 0 radical (unpaired) electrons. The lowest BCUT2D eigenvalue weighted by atomic mass is 9.90. The molecular weight excluding hydrogens is 126 g/mol. The molecule has 2 N–H and O–H groups in total. The SMILES string of the molecule is CC(C)CO[C@H]1C[C@H](N)C1. The van der Waals surface area contributed by atoms with Crippen molar-refractivity contribution in [3.05, 3.63) is 0 Å². The highest BCUT2D eigenvalue weighted by Gasteiger charge is 2.26. The molecule has 0 aromatic heterocycles. The zero-order chi connectivity index (χ0) is 7.56. The predicted molar refractivity (Wildman–Crippen MR) is 41.8 cm³/mol. The standard InChI is InChI=1S/C8H17NO/c1-6(2)5-10-8-3-7(9)4-8/h6-8H,3-5,9H2,1-2H3/t7-,8-. The molecule has 0 unspecified atom stereocenters. The van der Waals surface area contributed by atoms with Gasteiger partial charge in [-0.1, -0.05) is 13.8 Å². The summed E-state index contributed by atoms with van der Waals surface area (Å²) in [5, 5.41) is 0. The predicted octanol–water partition coefficient (Wildman–Crippen LogP) is 1.15. The fourth-order valence-electron chi connectivity index (χ4n) is 1.07. The van der Waals surface area contributed by atoms with Crippen LogP contribution in [0.25, 0.3) is 0 Å². The van der Waals surface area contributed by atoms with Crippen LogP contribution in [0.5, 0.6) is 0 Å². The molecule has 0 amide bonds. The maximum atomic E-state index is 5.60. The Morgan fingerprint density at radius 3 is 2.50 bits per heavy atom. The molecule has 10 heavy (non-hydrogen) atoms.